The van der Waals surface area contributed by atoms with Crippen LogP contribution in [0.5, 0.6) is 0 Å². The molecule has 0 aromatic heterocycles. The summed E-state index contributed by atoms with van der Waals surface area (Å²) in [5, 5.41) is 6.76. The van der Waals surface area contributed by atoms with Crippen LogP contribution in [0.15, 0.2) is 17.1 Å². The summed E-state index contributed by atoms with van der Waals surface area (Å²) in [6.45, 7) is 4.52. The van der Waals surface area contributed by atoms with Crippen molar-refractivity contribution in [1.82, 2.24) is 15.5 Å². The van der Waals surface area contributed by atoms with E-state index in [-0.39, 0.29) is 23.7 Å². The Labute approximate surface area is 168 Å². The number of fused-ring (bicyclic) bond motifs is 5. The van der Waals surface area contributed by atoms with E-state index in [1.807, 2.05) is 0 Å². The van der Waals surface area contributed by atoms with Gasteiger partial charge >= 0.3 is 0 Å². The number of guanidine groups is 1. The van der Waals surface area contributed by atoms with Crippen LogP contribution in [0.25, 0.3) is 0 Å². The average Bonchev–Trinajstić information content (AvgIpc) is 3.38. The van der Waals surface area contributed by atoms with Gasteiger partial charge in [0.25, 0.3) is 0 Å². The lowest BCUT2D eigenvalue weighted by Crippen LogP contribution is -2.42. The molecule has 3 fully saturated rings. The first kappa shape index (κ1) is 19.5. The molecule has 2 bridgehead atoms. The molecule has 0 radical (unpaired) electrons. The first-order valence-electron chi connectivity index (χ1n) is 11.1. The molecule has 2 amide bonds. The van der Waals surface area contributed by atoms with E-state index >= 15 is 0 Å². The van der Waals surface area contributed by atoms with Crippen LogP contribution in [0.3, 0.4) is 0 Å². The number of imide groups is 1. The lowest BCUT2D eigenvalue weighted by Gasteiger charge is -2.26. The molecule has 4 atom stereocenters. The summed E-state index contributed by atoms with van der Waals surface area (Å²) >= 11 is 0. The van der Waals surface area contributed by atoms with Crippen molar-refractivity contribution >= 4 is 17.8 Å². The smallest absolute Gasteiger partial charge is 0.233 e. The van der Waals surface area contributed by atoms with Gasteiger partial charge in [0.2, 0.25) is 11.8 Å². The number of hydrogen-bond acceptors (Lipinski definition) is 3. The Morgan fingerprint density at radius 1 is 1.07 bits per heavy atom. The normalized spacial score (nSPS) is 36.9. The van der Waals surface area contributed by atoms with Gasteiger partial charge in [-0.3, -0.25) is 19.5 Å². The number of allylic oxidation sites excluding steroid dienone is 2. The maximum Gasteiger partial charge on any atom is 0.233 e. The van der Waals surface area contributed by atoms with Crippen molar-refractivity contribution in [3.8, 4) is 0 Å². The highest BCUT2D eigenvalue weighted by Crippen LogP contribution is 2.52. The Hall–Kier alpha value is -1.85. The number of likely N-dealkylation sites (tertiary alicyclic amines) is 1. The van der Waals surface area contributed by atoms with Crippen molar-refractivity contribution in [2.24, 2.45) is 40.5 Å². The molecule has 4 unspecified atom stereocenters. The summed E-state index contributed by atoms with van der Waals surface area (Å²) in [4.78, 5) is 31.2. The predicted molar refractivity (Wildman–Crippen MR) is 110 cm³/mol. The topological polar surface area (TPSA) is 73.8 Å². The Balaban J connectivity index is 1.17. The molecule has 1 heterocycles. The highest BCUT2D eigenvalue weighted by molar-refractivity contribution is 6.06. The van der Waals surface area contributed by atoms with Crippen LogP contribution in [0, 0.1) is 35.5 Å². The summed E-state index contributed by atoms with van der Waals surface area (Å²) < 4.78 is 0. The average molecular weight is 387 g/mol. The zero-order valence-corrected chi connectivity index (χ0v) is 17.2. The highest BCUT2D eigenvalue weighted by Gasteiger charge is 2.58. The second-order valence-corrected chi connectivity index (χ2v) is 9.19. The SMILES string of the molecule is CN=C(NCCCN1C(=O)C2C3C=CC(C3)C2C1=O)NCC1CCC(C)CC1. The van der Waals surface area contributed by atoms with Crippen LogP contribution in [0.1, 0.15) is 45.4 Å². The van der Waals surface area contributed by atoms with E-state index in [0.29, 0.717) is 24.9 Å². The van der Waals surface area contributed by atoms with Gasteiger partial charge in [0.05, 0.1) is 11.8 Å². The van der Waals surface area contributed by atoms with E-state index < -0.39 is 0 Å². The Kier molecular flexibility index (Phi) is 5.74. The quantitative estimate of drug-likeness (QED) is 0.241. The second kappa shape index (κ2) is 8.26. The van der Waals surface area contributed by atoms with E-state index in [9.17, 15) is 9.59 Å². The summed E-state index contributed by atoms with van der Waals surface area (Å²) in [6.07, 6.45) is 11.3. The number of carbonyl (C=O) groups excluding carboxylic acids is 2. The molecule has 0 aromatic rings. The van der Waals surface area contributed by atoms with Gasteiger partial charge in [-0.15, -0.1) is 0 Å². The van der Waals surface area contributed by atoms with E-state index in [1.165, 1.54) is 30.6 Å². The Bertz CT molecular complexity index is 635. The third-order valence-corrected chi connectivity index (χ3v) is 7.33. The fraction of sp³-hybridized carbons (Fsp3) is 0.773. The standard InChI is InChI=1S/C22H34N4O2/c1-14-4-6-15(7-5-14)13-25-22(23-2)24-10-3-11-26-20(27)18-16-8-9-17(12-16)19(18)21(26)28/h8-9,14-19H,3-7,10-13H2,1-2H3,(H2,23,24,25). The molecule has 2 saturated carbocycles. The van der Waals surface area contributed by atoms with E-state index in [4.69, 9.17) is 0 Å². The van der Waals surface area contributed by atoms with Crippen molar-refractivity contribution in [1.29, 1.82) is 0 Å². The Morgan fingerprint density at radius 2 is 1.71 bits per heavy atom. The molecule has 4 rings (SSSR count). The molecule has 2 N–H and O–H groups in total. The molecule has 1 aliphatic heterocycles. The van der Waals surface area contributed by atoms with Crippen molar-refractivity contribution in [2.75, 3.05) is 26.7 Å². The molecule has 6 nitrogen and oxygen atoms in total. The third kappa shape index (κ3) is 3.70. The third-order valence-electron chi connectivity index (χ3n) is 7.33. The number of carbonyl (C=O) groups is 2. The minimum Gasteiger partial charge on any atom is -0.356 e. The number of rotatable bonds is 6. The Morgan fingerprint density at radius 3 is 2.32 bits per heavy atom. The molecule has 1 saturated heterocycles. The van der Waals surface area contributed by atoms with Crippen LogP contribution < -0.4 is 10.6 Å². The summed E-state index contributed by atoms with van der Waals surface area (Å²) in [5.41, 5.74) is 0. The maximum atomic E-state index is 12.7. The second-order valence-electron chi connectivity index (χ2n) is 9.19. The van der Waals surface area contributed by atoms with Crippen molar-refractivity contribution < 1.29 is 9.59 Å². The monoisotopic (exact) mass is 386 g/mol. The van der Waals surface area contributed by atoms with Crippen LogP contribution in [-0.4, -0.2) is 49.4 Å². The van der Waals surface area contributed by atoms with E-state index in [2.05, 4.69) is 34.7 Å². The minimum absolute atomic E-state index is 0.0564. The minimum atomic E-state index is -0.0805. The number of nitrogens with zero attached hydrogens (tertiary/aromatic N) is 2. The van der Waals surface area contributed by atoms with Crippen molar-refractivity contribution in [3.63, 3.8) is 0 Å². The highest BCUT2D eigenvalue weighted by atomic mass is 16.2. The first-order valence-corrected chi connectivity index (χ1v) is 11.1. The van der Waals surface area contributed by atoms with Gasteiger partial charge < -0.3 is 10.6 Å². The van der Waals surface area contributed by atoms with Gasteiger partial charge in [-0.05, 0) is 49.4 Å². The van der Waals surface area contributed by atoms with Gasteiger partial charge in [-0.2, -0.15) is 0 Å². The molecule has 0 aromatic carbocycles. The number of amides is 2. The van der Waals surface area contributed by atoms with Gasteiger partial charge in [-0.25, -0.2) is 0 Å². The van der Waals surface area contributed by atoms with E-state index in [1.54, 1.807) is 7.05 Å². The lowest BCUT2D eigenvalue weighted by atomic mass is 9.83. The summed E-state index contributed by atoms with van der Waals surface area (Å²) in [7, 11) is 1.79. The molecule has 6 heteroatoms. The van der Waals surface area contributed by atoms with Crippen LogP contribution in [-0.2, 0) is 9.59 Å². The fourth-order valence-corrected chi connectivity index (χ4v) is 5.62. The molecular weight excluding hydrogens is 352 g/mol. The fourth-order valence-electron chi connectivity index (χ4n) is 5.62. The first-order chi connectivity index (χ1) is 13.6. The largest absolute Gasteiger partial charge is 0.356 e. The molecule has 0 spiro atoms. The zero-order valence-electron chi connectivity index (χ0n) is 17.2. The molecular formula is C22H34N4O2. The van der Waals surface area contributed by atoms with Crippen LogP contribution in [0.4, 0.5) is 0 Å². The van der Waals surface area contributed by atoms with Crippen LogP contribution in [0.2, 0.25) is 0 Å². The maximum absolute atomic E-state index is 12.7. The summed E-state index contributed by atoms with van der Waals surface area (Å²) in [6, 6.07) is 0. The van der Waals surface area contributed by atoms with Gasteiger partial charge in [0.15, 0.2) is 5.96 Å². The zero-order chi connectivity index (χ0) is 19.7. The van der Waals surface area contributed by atoms with Gasteiger partial charge in [0.1, 0.15) is 0 Å². The van der Waals surface area contributed by atoms with Crippen molar-refractivity contribution in [2.45, 2.75) is 45.4 Å². The van der Waals surface area contributed by atoms with Crippen LogP contribution >= 0.6 is 0 Å². The molecule has 4 aliphatic rings. The molecule has 154 valence electrons. The van der Waals surface area contributed by atoms with Gasteiger partial charge in [-0.1, -0.05) is 31.9 Å². The predicted octanol–water partition coefficient (Wildman–Crippen LogP) is 2.17. The molecule has 28 heavy (non-hydrogen) atoms. The number of nitrogens with one attached hydrogen (secondary N) is 2. The lowest BCUT2D eigenvalue weighted by molar-refractivity contribution is -0.140. The van der Waals surface area contributed by atoms with Crippen molar-refractivity contribution in [3.05, 3.63) is 12.2 Å². The summed E-state index contributed by atoms with van der Waals surface area (Å²) in [5.74, 6) is 2.96. The van der Waals surface area contributed by atoms with E-state index in [0.717, 1.165) is 37.2 Å². The number of hydrogen-bond donors (Lipinski definition) is 2. The number of aliphatic imine (C=N–C) groups is 1. The van der Waals surface area contributed by atoms with Gasteiger partial charge in [0, 0.05) is 26.7 Å². The molecule has 3 aliphatic carbocycles.